The Balaban J connectivity index is 2.26. The van der Waals surface area contributed by atoms with Crippen molar-refractivity contribution in [2.75, 3.05) is 18.3 Å². The van der Waals surface area contributed by atoms with Crippen LogP contribution in [0.1, 0.15) is 43.5 Å². The highest BCUT2D eigenvalue weighted by Crippen LogP contribution is 2.25. The Kier molecular flexibility index (Phi) is 4.44. The summed E-state index contributed by atoms with van der Waals surface area (Å²) in [7, 11) is 1.35. The van der Waals surface area contributed by atoms with E-state index in [1.165, 1.54) is 19.7 Å². The molecule has 0 aromatic carbocycles. The van der Waals surface area contributed by atoms with Gasteiger partial charge in [0.05, 0.1) is 19.0 Å². The van der Waals surface area contributed by atoms with Crippen LogP contribution in [0.4, 0.5) is 11.5 Å². The maximum atomic E-state index is 11.8. The summed E-state index contributed by atoms with van der Waals surface area (Å²) in [6.45, 7) is 4.33. The first-order valence-corrected chi connectivity index (χ1v) is 6.91. The number of rotatable bonds is 3. The summed E-state index contributed by atoms with van der Waals surface area (Å²) in [5.74, 6) is 0.0521. The third-order valence-electron chi connectivity index (χ3n) is 3.74. The van der Waals surface area contributed by atoms with Crippen LogP contribution in [0.2, 0.25) is 0 Å². The summed E-state index contributed by atoms with van der Waals surface area (Å²) in [6.07, 6.45) is 5.01. The molecule has 6 heteroatoms. The van der Waals surface area contributed by atoms with Gasteiger partial charge >= 0.3 is 5.97 Å². The van der Waals surface area contributed by atoms with Gasteiger partial charge in [-0.1, -0.05) is 6.42 Å². The minimum Gasteiger partial charge on any atom is -0.465 e. The van der Waals surface area contributed by atoms with E-state index in [2.05, 4.69) is 29.3 Å². The van der Waals surface area contributed by atoms with Crippen LogP contribution in [0.15, 0.2) is 12.3 Å². The monoisotopic (exact) mass is 278 g/mol. The van der Waals surface area contributed by atoms with Crippen LogP contribution < -0.4 is 11.2 Å². The van der Waals surface area contributed by atoms with Gasteiger partial charge in [-0.3, -0.25) is 0 Å². The van der Waals surface area contributed by atoms with Crippen LogP contribution in [0, 0.1) is 0 Å². The number of nitrogens with one attached hydrogen (secondary N) is 1. The Morgan fingerprint density at radius 1 is 1.45 bits per heavy atom. The van der Waals surface area contributed by atoms with Gasteiger partial charge in [0.15, 0.2) is 5.82 Å². The number of methoxy groups -OCH3 is 1. The number of nitrogens with two attached hydrogens (primary N) is 1. The van der Waals surface area contributed by atoms with E-state index in [9.17, 15) is 4.79 Å². The third kappa shape index (κ3) is 3.01. The van der Waals surface area contributed by atoms with E-state index < -0.39 is 5.97 Å². The SMILES string of the molecule is COC(=O)c1cc(N)cnc1NN1C(C)CCCC1C. The molecular formula is C14H22N4O2. The zero-order valence-corrected chi connectivity index (χ0v) is 12.2. The van der Waals surface area contributed by atoms with Crippen molar-refractivity contribution in [1.29, 1.82) is 0 Å². The summed E-state index contributed by atoms with van der Waals surface area (Å²) in [5, 5.41) is 2.15. The van der Waals surface area contributed by atoms with Crippen molar-refractivity contribution in [3.63, 3.8) is 0 Å². The molecule has 110 valence electrons. The zero-order valence-electron chi connectivity index (χ0n) is 12.2. The number of piperidine rings is 1. The lowest BCUT2D eigenvalue weighted by atomic mass is 10.00. The predicted octanol–water partition coefficient (Wildman–Crippen LogP) is 2.04. The maximum absolute atomic E-state index is 11.8. The summed E-state index contributed by atoms with van der Waals surface area (Å²) in [5.41, 5.74) is 9.75. The second-order valence-electron chi connectivity index (χ2n) is 5.30. The van der Waals surface area contributed by atoms with Crippen LogP contribution >= 0.6 is 0 Å². The predicted molar refractivity (Wildman–Crippen MR) is 78.2 cm³/mol. The van der Waals surface area contributed by atoms with E-state index >= 15 is 0 Å². The Morgan fingerprint density at radius 2 is 2.10 bits per heavy atom. The van der Waals surface area contributed by atoms with Crippen LogP contribution in [-0.2, 0) is 4.74 Å². The molecule has 2 atom stereocenters. The molecule has 0 amide bonds. The molecule has 1 aromatic heterocycles. The van der Waals surface area contributed by atoms with E-state index in [1.807, 2.05) is 0 Å². The molecule has 3 N–H and O–H groups in total. The van der Waals surface area contributed by atoms with E-state index in [-0.39, 0.29) is 0 Å². The number of nitrogens with zero attached hydrogens (tertiary/aromatic N) is 2. The highest BCUT2D eigenvalue weighted by Gasteiger charge is 2.26. The van der Waals surface area contributed by atoms with Gasteiger partial charge in [0.2, 0.25) is 0 Å². The van der Waals surface area contributed by atoms with Gasteiger partial charge in [-0.25, -0.2) is 14.8 Å². The molecule has 0 bridgehead atoms. The molecule has 0 spiro atoms. The molecule has 1 saturated heterocycles. The number of hydrogen-bond acceptors (Lipinski definition) is 6. The number of hydrogen-bond donors (Lipinski definition) is 2. The normalized spacial score (nSPS) is 23.4. The second-order valence-corrected chi connectivity index (χ2v) is 5.30. The smallest absolute Gasteiger partial charge is 0.341 e. The quantitative estimate of drug-likeness (QED) is 0.824. The van der Waals surface area contributed by atoms with E-state index in [1.54, 1.807) is 6.07 Å². The number of ether oxygens (including phenoxy) is 1. The van der Waals surface area contributed by atoms with Crippen molar-refractivity contribution in [3.8, 4) is 0 Å². The van der Waals surface area contributed by atoms with Crippen molar-refractivity contribution in [1.82, 2.24) is 9.99 Å². The van der Waals surface area contributed by atoms with Gasteiger partial charge in [0, 0.05) is 12.1 Å². The minimum atomic E-state index is -0.440. The molecule has 0 radical (unpaired) electrons. The molecule has 20 heavy (non-hydrogen) atoms. The van der Waals surface area contributed by atoms with Gasteiger partial charge in [-0.05, 0) is 32.8 Å². The molecular weight excluding hydrogens is 256 g/mol. The summed E-state index contributed by atoms with van der Waals surface area (Å²) in [6, 6.07) is 2.37. The van der Waals surface area contributed by atoms with Gasteiger partial charge < -0.3 is 15.9 Å². The number of carbonyl (C=O) groups is 1. The number of esters is 1. The van der Waals surface area contributed by atoms with Crippen molar-refractivity contribution < 1.29 is 9.53 Å². The van der Waals surface area contributed by atoms with Crippen molar-refractivity contribution >= 4 is 17.5 Å². The van der Waals surface area contributed by atoms with Gasteiger partial charge in [0.1, 0.15) is 5.56 Å². The lowest BCUT2D eigenvalue weighted by Gasteiger charge is -2.39. The number of pyridine rings is 1. The maximum Gasteiger partial charge on any atom is 0.341 e. The first kappa shape index (κ1) is 14.6. The fraction of sp³-hybridized carbons (Fsp3) is 0.571. The highest BCUT2D eigenvalue weighted by atomic mass is 16.5. The summed E-state index contributed by atoms with van der Waals surface area (Å²) in [4.78, 5) is 16.0. The molecule has 0 aliphatic carbocycles. The number of hydrazine groups is 1. The number of carbonyl (C=O) groups excluding carboxylic acids is 1. The number of anilines is 2. The summed E-state index contributed by atoms with van der Waals surface area (Å²) >= 11 is 0. The number of aromatic nitrogens is 1. The zero-order chi connectivity index (χ0) is 14.7. The Bertz CT molecular complexity index is 482. The third-order valence-corrected chi connectivity index (χ3v) is 3.74. The molecule has 1 fully saturated rings. The topological polar surface area (TPSA) is 80.5 Å². The van der Waals surface area contributed by atoms with Crippen molar-refractivity contribution in [2.24, 2.45) is 0 Å². The van der Waals surface area contributed by atoms with Crippen LogP contribution in [-0.4, -0.2) is 35.2 Å². The Hall–Kier alpha value is -1.82. The lowest BCUT2D eigenvalue weighted by molar-refractivity contribution is 0.0599. The Morgan fingerprint density at radius 3 is 2.70 bits per heavy atom. The largest absolute Gasteiger partial charge is 0.465 e. The van der Waals surface area contributed by atoms with Crippen LogP contribution in [0.5, 0.6) is 0 Å². The van der Waals surface area contributed by atoms with E-state index in [4.69, 9.17) is 10.5 Å². The Labute approximate surface area is 119 Å². The molecule has 1 aliphatic heterocycles. The summed E-state index contributed by atoms with van der Waals surface area (Å²) < 4.78 is 4.78. The number of nitrogen functional groups attached to an aromatic ring is 1. The molecule has 0 saturated carbocycles. The van der Waals surface area contributed by atoms with Crippen molar-refractivity contribution in [3.05, 3.63) is 17.8 Å². The standard InChI is InChI=1S/C14H22N4O2/c1-9-5-4-6-10(2)18(9)17-13-12(14(19)20-3)7-11(15)8-16-13/h7-10H,4-6,15H2,1-3H3,(H,16,17). The molecule has 6 nitrogen and oxygen atoms in total. The van der Waals surface area contributed by atoms with Crippen LogP contribution in [0.25, 0.3) is 0 Å². The molecule has 2 heterocycles. The fourth-order valence-electron chi connectivity index (χ4n) is 2.60. The van der Waals surface area contributed by atoms with Gasteiger partial charge in [0.25, 0.3) is 0 Å². The highest BCUT2D eigenvalue weighted by molar-refractivity contribution is 5.95. The average Bonchev–Trinajstić information content (AvgIpc) is 2.43. The average molecular weight is 278 g/mol. The molecule has 2 unspecified atom stereocenters. The second kappa shape index (κ2) is 6.09. The molecule has 1 aliphatic rings. The first-order valence-electron chi connectivity index (χ1n) is 6.91. The first-order chi connectivity index (χ1) is 9.52. The fourth-order valence-corrected chi connectivity index (χ4v) is 2.60. The molecule has 1 aromatic rings. The van der Waals surface area contributed by atoms with Crippen LogP contribution in [0.3, 0.4) is 0 Å². The van der Waals surface area contributed by atoms with E-state index in [0.717, 1.165) is 12.8 Å². The molecule has 2 rings (SSSR count). The lowest BCUT2D eigenvalue weighted by Crippen LogP contribution is -2.47. The van der Waals surface area contributed by atoms with Gasteiger partial charge in [-0.2, -0.15) is 0 Å². The van der Waals surface area contributed by atoms with E-state index in [0.29, 0.717) is 29.2 Å². The van der Waals surface area contributed by atoms with Gasteiger partial charge in [-0.15, -0.1) is 0 Å². The minimum absolute atomic E-state index is 0.359. The van der Waals surface area contributed by atoms with Crippen molar-refractivity contribution in [2.45, 2.75) is 45.2 Å².